The van der Waals surface area contributed by atoms with E-state index in [4.69, 9.17) is 10.5 Å². The van der Waals surface area contributed by atoms with Gasteiger partial charge in [-0.2, -0.15) is 10.5 Å². The summed E-state index contributed by atoms with van der Waals surface area (Å²) in [6, 6.07) is 22.7. The Balaban J connectivity index is 2.20. The van der Waals surface area contributed by atoms with Crippen LogP contribution in [0.25, 0.3) is 22.8 Å². The van der Waals surface area contributed by atoms with E-state index in [0.29, 0.717) is 11.6 Å². The molecular weight excluding hydrogens is 286 g/mol. The third-order valence-electron chi connectivity index (χ3n) is 3.23. The highest BCUT2D eigenvalue weighted by Crippen LogP contribution is 2.22. The second-order valence-electron chi connectivity index (χ2n) is 4.76. The van der Waals surface area contributed by atoms with Crippen molar-refractivity contribution in [2.24, 2.45) is 0 Å². The van der Waals surface area contributed by atoms with E-state index in [9.17, 15) is 0 Å². The summed E-state index contributed by atoms with van der Waals surface area (Å²) in [6.07, 6.45) is 0. The molecule has 0 bridgehead atoms. The number of aromatic nitrogens is 3. The van der Waals surface area contributed by atoms with Crippen molar-refractivity contribution in [2.75, 3.05) is 0 Å². The van der Waals surface area contributed by atoms with Crippen molar-refractivity contribution in [1.29, 1.82) is 10.5 Å². The first-order valence-corrected chi connectivity index (χ1v) is 6.98. The van der Waals surface area contributed by atoms with Crippen LogP contribution in [-0.2, 0) is 0 Å². The van der Waals surface area contributed by atoms with E-state index in [2.05, 4.69) is 15.0 Å². The SMILES string of the molecule is N#CC(C#N)c1nc(-c2ccccc2)nc(-c2ccccc2)n1. The van der Waals surface area contributed by atoms with E-state index >= 15 is 0 Å². The number of nitriles is 2. The van der Waals surface area contributed by atoms with Crippen LogP contribution in [0.4, 0.5) is 0 Å². The lowest BCUT2D eigenvalue weighted by atomic mass is 10.1. The first-order valence-electron chi connectivity index (χ1n) is 6.98. The molecular formula is C18H11N5. The zero-order chi connectivity index (χ0) is 16.1. The lowest BCUT2D eigenvalue weighted by Gasteiger charge is -2.07. The fraction of sp³-hybridized carbons (Fsp3) is 0.0556. The summed E-state index contributed by atoms with van der Waals surface area (Å²) in [4.78, 5) is 13.1. The van der Waals surface area contributed by atoms with Gasteiger partial charge in [-0.15, -0.1) is 0 Å². The molecule has 0 saturated carbocycles. The zero-order valence-electron chi connectivity index (χ0n) is 12.1. The van der Waals surface area contributed by atoms with Gasteiger partial charge < -0.3 is 0 Å². The van der Waals surface area contributed by atoms with E-state index in [0.717, 1.165) is 11.1 Å². The van der Waals surface area contributed by atoms with Crippen LogP contribution >= 0.6 is 0 Å². The topological polar surface area (TPSA) is 86.2 Å². The molecule has 0 spiro atoms. The van der Waals surface area contributed by atoms with Crippen LogP contribution in [-0.4, -0.2) is 15.0 Å². The average molecular weight is 297 g/mol. The summed E-state index contributed by atoms with van der Waals surface area (Å²) < 4.78 is 0. The first-order chi connectivity index (χ1) is 11.3. The minimum atomic E-state index is -1.03. The number of rotatable bonds is 3. The van der Waals surface area contributed by atoms with Crippen LogP contribution in [0.15, 0.2) is 60.7 Å². The van der Waals surface area contributed by atoms with Gasteiger partial charge in [0.1, 0.15) is 0 Å². The number of nitrogens with zero attached hydrogens (tertiary/aromatic N) is 5. The molecule has 23 heavy (non-hydrogen) atoms. The van der Waals surface area contributed by atoms with Crippen molar-refractivity contribution in [3.63, 3.8) is 0 Å². The highest BCUT2D eigenvalue weighted by molar-refractivity contribution is 5.61. The summed E-state index contributed by atoms with van der Waals surface area (Å²) in [5, 5.41) is 18.3. The van der Waals surface area contributed by atoms with Crippen LogP contribution in [0.5, 0.6) is 0 Å². The zero-order valence-corrected chi connectivity index (χ0v) is 12.1. The maximum atomic E-state index is 9.13. The Hall–Kier alpha value is -3.57. The number of hydrogen-bond acceptors (Lipinski definition) is 5. The molecule has 3 aromatic rings. The molecule has 0 N–H and O–H groups in total. The first kappa shape index (κ1) is 14.4. The predicted molar refractivity (Wildman–Crippen MR) is 84.7 cm³/mol. The molecule has 0 atom stereocenters. The summed E-state index contributed by atoms with van der Waals surface area (Å²) in [5.41, 5.74) is 1.62. The lowest BCUT2D eigenvalue weighted by molar-refractivity contribution is 0.898. The molecule has 1 aromatic heterocycles. The molecule has 3 rings (SSSR count). The Morgan fingerprint density at radius 1 is 0.652 bits per heavy atom. The minimum absolute atomic E-state index is 0.169. The van der Waals surface area contributed by atoms with Gasteiger partial charge in [0.15, 0.2) is 23.4 Å². The molecule has 1 heterocycles. The Morgan fingerprint density at radius 2 is 1.09 bits per heavy atom. The molecule has 0 amide bonds. The van der Waals surface area contributed by atoms with Crippen LogP contribution in [0.2, 0.25) is 0 Å². The summed E-state index contributed by atoms with van der Waals surface area (Å²) in [7, 11) is 0. The van der Waals surface area contributed by atoms with Gasteiger partial charge in [0.05, 0.1) is 12.1 Å². The maximum absolute atomic E-state index is 9.13. The number of hydrogen-bond donors (Lipinski definition) is 0. The van der Waals surface area contributed by atoms with Gasteiger partial charge >= 0.3 is 0 Å². The second-order valence-corrected chi connectivity index (χ2v) is 4.76. The van der Waals surface area contributed by atoms with Gasteiger partial charge in [-0.05, 0) is 0 Å². The number of benzene rings is 2. The minimum Gasteiger partial charge on any atom is -0.210 e. The highest BCUT2D eigenvalue weighted by Gasteiger charge is 2.17. The molecule has 0 fully saturated rings. The molecule has 0 unspecified atom stereocenters. The van der Waals surface area contributed by atoms with Crippen molar-refractivity contribution in [2.45, 2.75) is 5.92 Å². The summed E-state index contributed by atoms with van der Waals surface area (Å²) in [5.74, 6) is 0.0422. The lowest BCUT2D eigenvalue weighted by Crippen LogP contribution is -2.06. The van der Waals surface area contributed by atoms with E-state index in [-0.39, 0.29) is 5.82 Å². The van der Waals surface area contributed by atoms with Gasteiger partial charge in [0.25, 0.3) is 0 Å². The molecule has 5 heteroatoms. The molecule has 0 saturated heterocycles. The molecule has 0 radical (unpaired) electrons. The third kappa shape index (κ3) is 3.04. The van der Waals surface area contributed by atoms with Crippen LogP contribution in [0.3, 0.4) is 0 Å². The highest BCUT2D eigenvalue weighted by atomic mass is 15.0. The van der Waals surface area contributed by atoms with Crippen LogP contribution < -0.4 is 0 Å². The maximum Gasteiger partial charge on any atom is 0.192 e. The van der Waals surface area contributed by atoms with Gasteiger partial charge in [-0.25, -0.2) is 15.0 Å². The van der Waals surface area contributed by atoms with Crippen molar-refractivity contribution in [1.82, 2.24) is 15.0 Å². The molecule has 2 aromatic carbocycles. The molecule has 5 nitrogen and oxygen atoms in total. The fourth-order valence-corrected chi connectivity index (χ4v) is 2.10. The largest absolute Gasteiger partial charge is 0.210 e. The summed E-state index contributed by atoms with van der Waals surface area (Å²) >= 11 is 0. The van der Waals surface area contributed by atoms with Crippen LogP contribution in [0, 0.1) is 22.7 Å². The Kier molecular flexibility index (Phi) is 4.04. The molecule has 0 aliphatic carbocycles. The molecule has 0 aliphatic rings. The fourth-order valence-electron chi connectivity index (χ4n) is 2.10. The monoisotopic (exact) mass is 297 g/mol. The normalized spacial score (nSPS) is 10.0. The standard InChI is InChI=1S/C18H11N5/c19-11-15(12-20)18-22-16(13-7-3-1-4-8-13)21-17(23-18)14-9-5-2-6-10-14/h1-10,15H. The van der Waals surface area contributed by atoms with E-state index in [1.807, 2.05) is 72.8 Å². The van der Waals surface area contributed by atoms with Gasteiger partial charge in [0.2, 0.25) is 0 Å². The van der Waals surface area contributed by atoms with Gasteiger partial charge in [-0.1, -0.05) is 60.7 Å². The van der Waals surface area contributed by atoms with Crippen molar-refractivity contribution >= 4 is 0 Å². The van der Waals surface area contributed by atoms with Gasteiger partial charge in [0, 0.05) is 11.1 Å². The van der Waals surface area contributed by atoms with Crippen molar-refractivity contribution < 1.29 is 0 Å². The summed E-state index contributed by atoms with van der Waals surface area (Å²) in [6.45, 7) is 0. The van der Waals surface area contributed by atoms with Crippen molar-refractivity contribution in [3.05, 3.63) is 66.5 Å². The third-order valence-corrected chi connectivity index (χ3v) is 3.23. The predicted octanol–water partition coefficient (Wildman–Crippen LogP) is 3.34. The van der Waals surface area contributed by atoms with Gasteiger partial charge in [-0.3, -0.25) is 0 Å². The average Bonchev–Trinajstić information content (AvgIpc) is 2.64. The molecule has 0 aliphatic heterocycles. The van der Waals surface area contributed by atoms with Crippen molar-refractivity contribution in [3.8, 4) is 34.9 Å². The quantitative estimate of drug-likeness (QED) is 0.740. The molecule has 108 valence electrons. The van der Waals surface area contributed by atoms with E-state index in [1.165, 1.54) is 0 Å². The Morgan fingerprint density at radius 3 is 1.48 bits per heavy atom. The Labute approximate surface area is 133 Å². The van der Waals surface area contributed by atoms with E-state index in [1.54, 1.807) is 0 Å². The van der Waals surface area contributed by atoms with Crippen LogP contribution in [0.1, 0.15) is 11.7 Å². The smallest absolute Gasteiger partial charge is 0.192 e. The Bertz CT molecular complexity index is 820. The van der Waals surface area contributed by atoms with E-state index < -0.39 is 5.92 Å². The second kappa shape index (κ2) is 6.46.